The van der Waals surface area contributed by atoms with Crippen molar-refractivity contribution < 1.29 is 52.9 Å². The summed E-state index contributed by atoms with van der Waals surface area (Å²) in [6.45, 7) is 1.90. The van der Waals surface area contributed by atoms with Crippen molar-refractivity contribution in [1.29, 1.82) is 0 Å². The molecule has 340 valence electrons. The fourth-order valence-electron chi connectivity index (χ4n) is 5.12. The number of hydrogen-bond donors (Lipinski definition) is 4. The van der Waals surface area contributed by atoms with Gasteiger partial charge in [0, 0.05) is 12.8 Å². The highest BCUT2D eigenvalue weighted by atomic mass is 31.2. The van der Waals surface area contributed by atoms with E-state index in [2.05, 4.69) is 91.3 Å². The Kier molecular flexibility index (Phi) is 39.9. The lowest BCUT2D eigenvalue weighted by Crippen LogP contribution is -2.30. The molecule has 0 rings (SSSR count). The maximum Gasteiger partial charge on any atom is 0.472 e. The molecule has 0 saturated heterocycles. The van der Waals surface area contributed by atoms with Gasteiger partial charge in [-0.3, -0.25) is 18.6 Å². The van der Waals surface area contributed by atoms with Crippen LogP contribution >= 0.6 is 7.82 Å². The second kappa shape index (κ2) is 42.3. The number of carbonyl (C=O) groups excluding carboxylic acids is 2. The van der Waals surface area contributed by atoms with Crippen LogP contribution < -0.4 is 0 Å². The lowest BCUT2D eigenvalue weighted by atomic mass is 10.1. The maximum atomic E-state index is 12.6. The van der Waals surface area contributed by atoms with Crippen LogP contribution in [0.15, 0.2) is 109 Å². The Bertz CT molecular complexity index is 1380. The molecule has 0 aromatic rings. The van der Waals surface area contributed by atoms with Crippen molar-refractivity contribution in [1.82, 2.24) is 0 Å². The Labute approximate surface area is 361 Å². The van der Waals surface area contributed by atoms with Crippen molar-refractivity contribution in [3.05, 3.63) is 109 Å². The molecule has 0 aromatic heterocycles. The summed E-state index contributed by atoms with van der Waals surface area (Å²) >= 11 is 0. The third-order valence-electron chi connectivity index (χ3n) is 8.53. The number of esters is 2. The molecule has 0 radical (unpaired) electrons. The monoisotopic (exact) mass is 861 g/mol. The third kappa shape index (κ3) is 41.3. The minimum Gasteiger partial charge on any atom is -0.462 e. The molecule has 0 aliphatic carbocycles. The van der Waals surface area contributed by atoms with Crippen molar-refractivity contribution in [2.24, 2.45) is 0 Å². The number of aliphatic hydroxyl groups excluding tert-OH is 3. The first kappa shape index (κ1) is 56.6. The second-order valence-corrected chi connectivity index (χ2v) is 15.6. The number of phosphoric acid groups is 1. The minimum absolute atomic E-state index is 0.0493. The Hall–Kier alpha value is -3.41. The van der Waals surface area contributed by atoms with Crippen molar-refractivity contribution in [2.45, 2.75) is 154 Å². The summed E-state index contributed by atoms with van der Waals surface area (Å²) in [5.41, 5.74) is 0. The van der Waals surface area contributed by atoms with Crippen LogP contribution in [-0.4, -0.2) is 76.9 Å². The van der Waals surface area contributed by atoms with Crippen LogP contribution in [0.4, 0.5) is 0 Å². The van der Waals surface area contributed by atoms with Crippen LogP contribution in [0.1, 0.15) is 136 Å². The van der Waals surface area contributed by atoms with E-state index in [1.54, 1.807) is 12.2 Å². The predicted molar refractivity (Wildman–Crippen MR) is 243 cm³/mol. The summed E-state index contributed by atoms with van der Waals surface area (Å²) in [6, 6.07) is 0. The molecule has 4 N–H and O–H groups in total. The summed E-state index contributed by atoms with van der Waals surface area (Å²) in [5, 5.41) is 28.6. The van der Waals surface area contributed by atoms with E-state index in [4.69, 9.17) is 19.1 Å². The largest absolute Gasteiger partial charge is 0.472 e. The quantitative estimate of drug-likeness (QED) is 0.0153. The Morgan fingerprint density at radius 2 is 1.10 bits per heavy atom. The number of rotatable bonds is 39. The van der Waals surface area contributed by atoms with Crippen LogP contribution in [0.3, 0.4) is 0 Å². The number of phosphoric ester groups is 1. The van der Waals surface area contributed by atoms with E-state index in [1.807, 2.05) is 24.3 Å². The molecule has 0 saturated carbocycles. The molecular formula is C48H77O11P. The molecule has 0 heterocycles. The number of hydrogen-bond acceptors (Lipinski definition) is 10. The molecule has 4 atom stereocenters. The van der Waals surface area contributed by atoms with Gasteiger partial charge in [-0.15, -0.1) is 0 Å². The Balaban J connectivity index is 4.64. The van der Waals surface area contributed by atoms with Crippen LogP contribution in [0, 0.1) is 0 Å². The van der Waals surface area contributed by atoms with Crippen molar-refractivity contribution in [2.75, 3.05) is 26.4 Å². The van der Waals surface area contributed by atoms with Crippen LogP contribution in [0.25, 0.3) is 0 Å². The summed E-state index contributed by atoms with van der Waals surface area (Å²) in [6.07, 6.45) is 49.6. The molecule has 0 aliphatic heterocycles. The zero-order chi connectivity index (χ0) is 44.2. The highest BCUT2D eigenvalue weighted by Gasteiger charge is 2.27. The van der Waals surface area contributed by atoms with Gasteiger partial charge in [-0.1, -0.05) is 155 Å². The van der Waals surface area contributed by atoms with E-state index in [0.29, 0.717) is 12.8 Å². The molecule has 0 aromatic carbocycles. The van der Waals surface area contributed by atoms with Gasteiger partial charge >= 0.3 is 19.8 Å². The third-order valence-corrected chi connectivity index (χ3v) is 9.48. The van der Waals surface area contributed by atoms with Crippen LogP contribution in [-0.2, 0) is 32.7 Å². The minimum atomic E-state index is -4.71. The van der Waals surface area contributed by atoms with E-state index in [1.165, 1.54) is 38.5 Å². The first-order valence-electron chi connectivity index (χ1n) is 22.0. The number of aliphatic hydroxyl groups is 3. The van der Waals surface area contributed by atoms with E-state index in [9.17, 15) is 29.3 Å². The number of allylic oxidation sites excluding steroid dienone is 17. The summed E-state index contributed by atoms with van der Waals surface area (Å²) in [5.74, 6) is -1.28. The molecular weight excluding hydrogens is 783 g/mol. The van der Waals surface area contributed by atoms with Crippen LogP contribution in [0.5, 0.6) is 0 Å². The molecule has 0 fully saturated rings. The van der Waals surface area contributed by atoms with Gasteiger partial charge in [-0.2, -0.15) is 0 Å². The highest BCUT2D eigenvalue weighted by molar-refractivity contribution is 7.47. The molecule has 0 spiro atoms. The second-order valence-electron chi connectivity index (χ2n) is 14.2. The first-order valence-corrected chi connectivity index (χ1v) is 23.4. The molecule has 0 aliphatic rings. The number of unbranched alkanes of at least 4 members (excludes halogenated alkanes) is 7. The number of ether oxygens (including phenoxy) is 2. The smallest absolute Gasteiger partial charge is 0.462 e. The first-order chi connectivity index (χ1) is 29.1. The van der Waals surface area contributed by atoms with E-state index in [-0.39, 0.29) is 19.3 Å². The molecule has 0 bridgehead atoms. The molecule has 2 unspecified atom stereocenters. The zero-order valence-corrected chi connectivity index (χ0v) is 37.4. The maximum absolute atomic E-state index is 12.6. The summed E-state index contributed by atoms with van der Waals surface area (Å²) in [7, 11) is -4.71. The lowest BCUT2D eigenvalue weighted by molar-refractivity contribution is -0.161. The standard InChI is InChI=1S/C48H77O11P/c1-3-5-7-9-11-13-15-17-19-21-23-25-27-29-31-33-35-37-47(52)56-42-46(43-58-60(54,55)57-41-45(51)40-49)59-48(53)39-38-44(50)36-34-32-30-28-26-24-22-20-18-16-14-12-10-8-6-4-2/h6,8,12,14,17-20,23-26,29-32,34,36,44-46,49-51H,3-5,7,9-11,13,15-16,21-22,27-28,33,35,37-43H2,1-2H3,(H,54,55)/b8-6-,14-12-,19-17-,20-18-,25-23-,26-24-,31-29-,32-30-,36-34-/t44?,45-,46+/m0/s1. The molecule has 12 heteroatoms. The fraction of sp³-hybridized carbons (Fsp3) is 0.583. The van der Waals surface area contributed by atoms with Crippen molar-refractivity contribution >= 4 is 19.8 Å². The summed E-state index contributed by atoms with van der Waals surface area (Å²) in [4.78, 5) is 35.0. The molecule has 0 amide bonds. The van der Waals surface area contributed by atoms with E-state index >= 15 is 0 Å². The zero-order valence-electron chi connectivity index (χ0n) is 36.5. The van der Waals surface area contributed by atoms with Gasteiger partial charge in [0.15, 0.2) is 6.10 Å². The Morgan fingerprint density at radius 1 is 0.583 bits per heavy atom. The topological polar surface area (TPSA) is 169 Å². The van der Waals surface area contributed by atoms with Crippen molar-refractivity contribution in [3.63, 3.8) is 0 Å². The average Bonchev–Trinajstić information content (AvgIpc) is 3.23. The van der Waals surface area contributed by atoms with Gasteiger partial charge in [-0.05, 0) is 77.0 Å². The van der Waals surface area contributed by atoms with Gasteiger partial charge in [0.2, 0.25) is 0 Å². The lowest BCUT2D eigenvalue weighted by Gasteiger charge is -2.20. The van der Waals surface area contributed by atoms with Crippen LogP contribution in [0.2, 0.25) is 0 Å². The van der Waals surface area contributed by atoms with E-state index < -0.39 is 64.5 Å². The molecule has 60 heavy (non-hydrogen) atoms. The average molecular weight is 861 g/mol. The van der Waals surface area contributed by atoms with Crippen molar-refractivity contribution in [3.8, 4) is 0 Å². The SMILES string of the molecule is CC/C=C\C/C=C\C/C=C\C/C=C\C/C=C\C=C/C(O)CCC(=O)O[C@H](COC(=O)CCC/C=C\C/C=C\C/C=C\CCCCCCCC)COP(=O)(O)OC[C@@H](O)CO. The fourth-order valence-corrected chi connectivity index (χ4v) is 5.91. The summed E-state index contributed by atoms with van der Waals surface area (Å²) < 4.78 is 32.5. The van der Waals surface area contributed by atoms with Gasteiger partial charge in [0.25, 0.3) is 0 Å². The normalized spacial score (nSPS) is 15.4. The highest BCUT2D eigenvalue weighted by Crippen LogP contribution is 2.43. The molecule has 11 nitrogen and oxygen atoms in total. The van der Waals surface area contributed by atoms with E-state index in [0.717, 1.165) is 51.4 Å². The number of carbonyl (C=O) groups is 2. The van der Waals surface area contributed by atoms with Gasteiger partial charge in [0.05, 0.1) is 25.9 Å². The van der Waals surface area contributed by atoms with Gasteiger partial charge in [0.1, 0.15) is 12.7 Å². The van der Waals surface area contributed by atoms with Gasteiger partial charge in [-0.25, -0.2) is 4.57 Å². The Morgan fingerprint density at radius 3 is 1.68 bits per heavy atom. The predicted octanol–water partition coefficient (Wildman–Crippen LogP) is 10.7. The van der Waals surface area contributed by atoms with Gasteiger partial charge < -0.3 is 29.7 Å².